The van der Waals surface area contributed by atoms with Crippen molar-refractivity contribution in [2.75, 3.05) is 32.4 Å². The molecule has 1 aliphatic heterocycles. The van der Waals surface area contributed by atoms with Crippen molar-refractivity contribution in [1.29, 1.82) is 0 Å². The molecule has 2 aliphatic rings. The van der Waals surface area contributed by atoms with Crippen molar-refractivity contribution >= 4 is 11.8 Å². The van der Waals surface area contributed by atoms with Crippen LogP contribution in [-0.2, 0) is 0 Å². The fourth-order valence-electron chi connectivity index (χ4n) is 2.78. The zero-order valence-corrected chi connectivity index (χ0v) is 10.9. The standard InChI is InChI=1S/C12H24N2S/c1-3-11-9-13-7-8-14(11)10-12(15-2)5-4-6-12/h11,13H,3-10H2,1-2H3. The van der Waals surface area contributed by atoms with E-state index in [4.69, 9.17) is 0 Å². The summed E-state index contributed by atoms with van der Waals surface area (Å²) >= 11 is 2.10. The summed E-state index contributed by atoms with van der Waals surface area (Å²) in [7, 11) is 0. The summed E-state index contributed by atoms with van der Waals surface area (Å²) < 4.78 is 0.616. The second-order valence-electron chi connectivity index (χ2n) is 4.98. The molecule has 1 heterocycles. The molecule has 0 bridgehead atoms. The number of thioether (sulfide) groups is 1. The van der Waals surface area contributed by atoms with E-state index in [0.29, 0.717) is 4.75 Å². The highest BCUT2D eigenvalue weighted by Gasteiger charge is 2.39. The van der Waals surface area contributed by atoms with Crippen molar-refractivity contribution in [2.45, 2.75) is 43.4 Å². The van der Waals surface area contributed by atoms with Crippen LogP contribution in [0.1, 0.15) is 32.6 Å². The highest BCUT2D eigenvalue weighted by atomic mass is 32.2. The Hall–Kier alpha value is 0.270. The Kier molecular flexibility index (Phi) is 3.97. The van der Waals surface area contributed by atoms with E-state index >= 15 is 0 Å². The van der Waals surface area contributed by atoms with Crippen LogP contribution in [0.4, 0.5) is 0 Å². The molecule has 88 valence electrons. The first-order valence-electron chi connectivity index (χ1n) is 6.29. The van der Waals surface area contributed by atoms with Crippen LogP contribution in [0.25, 0.3) is 0 Å². The molecule has 2 fully saturated rings. The van der Waals surface area contributed by atoms with Crippen LogP contribution in [0.3, 0.4) is 0 Å². The molecular weight excluding hydrogens is 204 g/mol. The summed E-state index contributed by atoms with van der Waals surface area (Å²) in [4.78, 5) is 2.73. The molecule has 1 N–H and O–H groups in total. The second-order valence-corrected chi connectivity index (χ2v) is 6.25. The Balaban J connectivity index is 1.90. The van der Waals surface area contributed by atoms with Gasteiger partial charge in [-0.25, -0.2) is 0 Å². The van der Waals surface area contributed by atoms with Crippen LogP contribution < -0.4 is 5.32 Å². The Morgan fingerprint density at radius 3 is 2.80 bits per heavy atom. The normalized spacial score (nSPS) is 31.2. The third-order valence-corrected chi connectivity index (χ3v) is 5.54. The lowest BCUT2D eigenvalue weighted by atomic mass is 9.83. The molecule has 1 atom stereocenters. The predicted molar refractivity (Wildman–Crippen MR) is 68.6 cm³/mol. The average Bonchev–Trinajstić information content (AvgIpc) is 2.24. The van der Waals surface area contributed by atoms with Gasteiger partial charge in [0.2, 0.25) is 0 Å². The van der Waals surface area contributed by atoms with Gasteiger partial charge >= 0.3 is 0 Å². The predicted octanol–water partition coefficient (Wildman–Crippen LogP) is 1.96. The lowest BCUT2D eigenvalue weighted by molar-refractivity contribution is 0.122. The van der Waals surface area contributed by atoms with Crippen LogP contribution >= 0.6 is 11.8 Å². The minimum Gasteiger partial charge on any atom is -0.314 e. The molecule has 1 saturated heterocycles. The van der Waals surface area contributed by atoms with Crippen LogP contribution in [0.15, 0.2) is 0 Å². The van der Waals surface area contributed by atoms with Crippen molar-refractivity contribution in [3.8, 4) is 0 Å². The lowest BCUT2D eigenvalue weighted by Crippen LogP contribution is -2.56. The zero-order chi connectivity index (χ0) is 10.7. The molecule has 0 spiro atoms. The first-order chi connectivity index (χ1) is 7.29. The van der Waals surface area contributed by atoms with E-state index in [-0.39, 0.29) is 0 Å². The number of piperazine rings is 1. The fourth-order valence-corrected chi connectivity index (χ4v) is 3.77. The van der Waals surface area contributed by atoms with Crippen LogP contribution in [0.5, 0.6) is 0 Å². The second kappa shape index (κ2) is 5.07. The van der Waals surface area contributed by atoms with E-state index in [1.54, 1.807) is 0 Å². The number of nitrogens with one attached hydrogen (secondary N) is 1. The van der Waals surface area contributed by atoms with E-state index in [2.05, 4.69) is 35.2 Å². The molecule has 0 aromatic carbocycles. The monoisotopic (exact) mass is 228 g/mol. The Labute approximate surface area is 98.2 Å². The maximum atomic E-state index is 3.51. The number of nitrogens with zero attached hydrogens (tertiary/aromatic N) is 1. The van der Waals surface area contributed by atoms with Gasteiger partial charge in [0.05, 0.1) is 0 Å². The summed E-state index contributed by atoms with van der Waals surface area (Å²) in [6.45, 7) is 7.27. The van der Waals surface area contributed by atoms with Crippen molar-refractivity contribution in [3.63, 3.8) is 0 Å². The quantitative estimate of drug-likeness (QED) is 0.792. The van der Waals surface area contributed by atoms with Gasteiger partial charge in [-0.3, -0.25) is 4.90 Å². The van der Waals surface area contributed by atoms with Gasteiger partial charge in [0, 0.05) is 37.0 Å². The topological polar surface area (TPSA) is 15.3 Å². The molecule has 0 amide bonds. The van der Waals surface area contributed by atoms with Gasteiger partial charge in [0.1, 0.15) is 0 Å². The number of hydrogen-bond donors (Lipinski definition) is 1. The van der Waals surface area contributed by atoms with Crippen molar-refractivity contribution in [2.24, 2.45) is 0 Å². The third-order valence-electron chi connectivity index (χ3n) is 4.13. The van der Waals surface area contributed by atoms with Crippen LogP contribution in [0.2, 0.25) is 0 Å². The van der Waals surface area contributed by atoms with Gasteiger partial charge in [-0.15, -0.1) is 0 Å². The van der Waals surface area contributed by atoms with Crippen molar-refractivity contribution in [3.05, 3.63) is 0 Å². The lowest BCUT2D eigenvalue weighted by Gasteiger charge is -2.47. The SMILES string of the molecule is CCC1CNCCN1CC1(SC)CCC1. The molecule has 0 aromatic heterocycles. The maximum Gasteiger partial charge on any atom is 0.0284 e. The van der Waals surface area contributed by atoms with Gasteiger partial charge in [0.15, 0.2) is 0 Å². The minimum absolute atomic E-state index is 0.616. The highest BCUT2D eigenvalue weighted by Crippen LogP contribution is 2.43. The first-order valence-corrected chi connectivity index (χ1v) is 7.52. The van der Waals surface area contributed by atoms with Crippen LogP contribution in [-0.4, -0.2) is 48.1 Å². The van der Waals surface area contributed by atoms with Gasteiger partial charge in [-0.1, -0.05) is 13.3 Å². The molecule has 3 heteroatoms. The Morgan fingerprint density at radius 2 is 2.27 bits per heavy atom. The summed E-state index contributed by atoms with van der Waals surface area (Å²) in [5, 5.41) is 3.51. The van der Waals surface area contributed by atoms with E-state index in [1.807, 2.05) is 0 Å². The highest BCUT2D eigenvalue weighted by molar-refractivity contribution is 8.00. The molecule has 15 heavy (non-hydrogen) atoms. The minimum atomic E-state index is 0.616. The Bertz CT molecular complexity index is 198. The van der Waals surface area contributed by atoms with E-state index < -0.39 is 0 Å². The third kappa shape index (κ3) is 2.51. The largest absolute Gasteiger partial charge is 0.314 e. The summed E-state index contributed by atoms with van der Waals surface area (Å²) in [6, 6.07) is 0.781. The first kappa shape index (κ1) is 11.7. The molecule has 2 rings (SSSR count). The number of rotatable bonds is 4. The van der Waals surface area contributed by atoms with E-state index in [9.17, 15) is 0 Å². The van der Waals surface area contributed by atoms with E-state index in [1.165, 1.54) is 51.9 Å². The van der Waals surface area contributed by atoms with Gasteiger partial charge < -0.3 is 5.32 Å². The smallest absolute Gasteiger partial charge is 0.0284 e. The number of hydrogen-bond acceptors (Lipinski definition) is 3. The fraction of sp³-hybridized carbons (Fsp3) is 1.00. The van der Waals surface area contributed by atoms with Gasteiger partial charge in [-0.2, -0.15) is 11.8 Å². The average molecular weight is 228 g/mol. The summed E-state index contributed by atoms with van der Waals surface area (Å²) in [6.07, 6.45) is 7.91. The summed E-state index contributed by atoms with van der Waals surface area (Å²) in [5.74, 6) is 0. The Morgan fingerprint density at radius 1 is 1.47 bits per heavy atom. The van der Waals surface area contributed by atoms with Crippen LogP contribution in [0, 0.1) is 0 Å². The van der Waals surface area contributed by atoms with Gasteiger partial charge in [0.25, 0.3) is 0 Å². The van der Waals surface area contributed by atoms with Crippen molar-refractivity contribution < 1.29 is 0 Å². The van der Waals surface area contributed by atoms with Gasteiger partial charge in [-0.05, 0) is 25.5 Å². The van der Waals surface area contributed by atoms with E-state index in [0.717, 1.165) is 6.04 Å². The molecule has 1 saturated carbocycles. The molecule has 1 unspecified atom stereocenters. The van der Waals surface area contributed by atoms with Crippen molar-refractivity contribution in [1.82, 2.24) is 10.2 Å². The zero-order valence-electron chi connectivity index (χ0n) is 10.1. The summed E-state index contributed by atoms with van der Waals surface area (Å²) in [5.41, 5.74) is 0. The molecule has 0 aromatic rings. The molecule has 0 radical (unpaired) electrons. The molecule has 1 aliphatic carbocycles. The molecule has 2 nitrogen and oxygen atoms in total. The maximum absolute atomic E-state index is 3.51. The molecular formula is C12H24N2S.